The first-order valence-corrected chi connectivity index (χ1v) is 7.45. The molecule has 0 radical (unpaired) electrons. The molecule has 0 saturated heterocycles. The van der Waals surface area contributed by atoms with Crippen molar-refractivity contribution in [1.82, 2.24) is 19.7 Å². The summed E-state index contributed by atoms with van der Waals surface area (Å²) in [6.45, 7) is 6.37. The minimum Gasteiger partial charge on any atom is -0.383 e. The Morgan fingerprint density at radius 1 is 1.25 bits per heavy atom. The molecule has 0 fully saturated rings. The first-order valence-electron chi connectivity index (χ1n) is 6.37. The quantitative estimate of drug-likeness (QED) is 0.636. The standard InChI is InChI=1S/C14H16IN5/c1-14(2,3)11-10(15)12(16)20(19-11)13-17-8-6-4-5-7-9(8)18-13/h4-7H,16H2,1-3H3,(H,17,18). The van der Waals surface area contributed by atoms with Crippen LogP contribution in [0, 0.1) is 3.57 Å². The molecule has 0 spiro atoms. The number of hydrogen-bond donors (Lipinski definition) is 2. The van der Waals surface area contributed by atoms with Crippen LogP contribution in [-0.4, -0.2) is 19.7 Å². The minimum absolute atomic E-state index is 0.0537. The number of rotatable bonds is 1. The van der Waals surface area contributed by atoms with Crippen molar-refractivity contribution in [2.75, 3.05) is 5.73 Å². The fourth-order valence-corrected chi connectivity index (χ4v) is 3.24. The number of anilines is 1. The Labute approximate surface area is 130 Å². The second-order valence-corrected chi connectivity index (χ2v) is 6.87. The molecule has 0 unspecified atom stereocenters. The Balaban J connectivity index is 2.19. The SMILES string of the molecule is CC(C)(C)c1nn(-c2nc3ccccc3[nH]2)c(N)c1I. The van der Waals surface area contributed by atoms with Gasteiger partial charge >= 0.3 is 0 Å². The molecular formula is C14H16IN5. The van der Waals surface area contributed by atoms with Gasteiger partial charge in [-0.1, -0.05) is 32.9 Å². The van der Waals surface area contributed by atoms with Gasteiger partial charge in [-0.05, 0) is 34.7 Å². The van der Waals surface area contributed by atoms with Crippen LogP contribution in [-0.2, 0) is 5.41 Å². The number of aromatic nitrogens is 4. The number of nitrogens with one attached hydrogen (secondary N) is 1. The van der Waals surface area contributed by atoms with Gasteiger partial charge in [0.25, 0.3) is 0 Å². The van der Waals surface area contributed by atoms with E-state index in [1.807, 2.05) is 24.3 Å². The third-order valence-electron chi connectivity index (χ3n) is 3.15. The molecule has 0 aliphatic heterocycles. The summed E-state index contributed by atoms with van der Waals surface area (Å²) in [6, 6.07) is 7.89. The Morgan fingerprint density at radius 2 is 1.95 bits per heavy atom. The first kappa shape index (κ1) is 13.4. The maximum Gasteiger partial charge on any atom is 0.231 e. The zero-order valence-electron chi connectivity index (χ0n) is 11.6. The summed E-state index contributed by atoms with van der Waals surface area (Å²) in [4.78, 5) is 7.79. The Morgan fingerprint density at radius 3 is 2.55 bits per heavy atom. The summed E-state index contributed by atoms with van der Waals surface area (Å²) in [7, 11) is 0. The first-order chi connectivity index (χ1) is 9.38. The Bertz CT molecular complexity index is 746. The predicted octanol–water partition coefficient (Wildman–Crippen LogP) is 3.23. The fourth-order valence-electron chi connectivity index (χ4n) is 2.09. The van der Waals surface area contributed by atoms with Gasteiger partial charge in [-0.2, -0.15) is 9.78 Å². The smallest absolute Gasteiger partial charge is 0.231 e. The van der Waals surface area contributed by atoms with Crippen LogP contribution in [0.5, 0.6) is 0 Å². The van der Waals surface area contributed by atoms with Crippen molar-refractivity contribution in [2.45, 2.75) is 26.2 Å². The van der Waals surface area contributed by atoms with Crippen LogP contribution in [0.1, 0.15) is 26.5 Å². The number of fused-ring (bicyclic) bond motifs is 1. The lowest BCUT2D eigenvalue weighted by Crippen LogP contribution is -2.14. The van der Waals surface area contributed by atoms with E-state index in [0.29, 0.717) is 11.8 Å². The van der Waals surface area contributed by atoms with E-state index in [1.165, 1.54) is 0 Å². The number of hydrogen-bond acceptors (Lipinski definition) is 3. The summed E-state index contributed by atoms with van der Waals surface area (Å²) in [5.74, 6) is 1.27. The molecule has 6 heteroatoms. The molecule has 0 atom stereocenters. The molecule has 0 aliphatic rings. The van der Waals surface area contributed by atoms with Crippen molar-refractivity contribution in [2.24, 2.45) is 0 Å². The normalized spacial score (nSPS) is 12.2. The van der Waals surface area contributed by atoms with E-state index >= 15 is 0 Å². The van der Waals surface area contributed by atoms with E-state index in [-0.39, 0.29) is 5.41 Å². The number of nitrogen functional groups attached to an aromatic ring is 1. The van der Waals surface area contributed by atoms with Crippen LogP contribution in [0.25, 0.3) is 17.0 Å². The molecule has 3 N–H and O–H groups in total. The molecular weight excluding hydrogens is 365 g/mol. The number of aromatic amines is 1. The number of nitrogens with zero attached hydrogens (tertiary/aromatic N) is 3. The lowest BCUT2D eigenvalue weighted by Gasteiger charge is -2.15. The molecule has 2 heterocycles. The number of imidazole rings is 1. The van der Waals surface area contributed by atoms with E-state index in [4.69, 9.17) is 5.73 Å². The van der Waals surface area contributed by atoms with Crippen LogP contribution in [0.3, 0.4) is 0 Å². The summed E-state index contributed by atoms with van der Waals surface area (Å²) in [5.41, 5.74) is 9.00. The van der Waals surface area contributed by atoms with Crippen LogP contribution in [0.15, 0.2) is 24.3 Å². The molecule has 20 heavy (non-hydrogen) atoms. The summed E-state index contributed by atoms with van der Waals surface area (Å²) in [5, 5.41) is 4.64. The van der Waals surface area contributed by atoms with Gasteiger partial charge in [0.1, 0.15) is 5.82 Å². The molecule has 3 aromatic rings. The number of H-pyrrole nitrogens is 1. The third-order valence-corrected chi connectivity index (χ3v) is 4.21. The van der Waals surface area contributed by atoms with Gasteiger partial charge in [-0.15, -0.1) is 0 Å². The molecule has 0 bridgehead atoms. The number of para-hydroxylation sites is 2. The zero-order valence-corrected chi connectivity index (χ0v) is 13.8. The van der Waals surface area contributed by atoms with Gasteiger partial charge in [0, 0.05) is 5.41 Å². The monoisotopic (exact) mass is 381 g/mol. The highest BCUT2D eigenvalue weighted by molar-refractivity contribution is 14.1. The molecule has 0 saturated carbocycles. The Kier molecular flexibility index (Phi) is 3.00. The third kappa shape index (κ3) is 2.07. The fraction of sp³-hybridized carbons (Fsp3) is 0.286. The van der Waals surface area contributed by atoms with Crippen molar-refractivity contribution in [3.8, 4) is 5.95 Å². The van der Waals surface area contributed by atoms with Crippen molar-refractivity contribution >= 4 is 39.4 Å². The van der Waals surface area contributed by atoms with Crippen LogP contribution in [0.2, 0.25) is 0 Å². The Hall–Kier alpha value is -1.57. The lowest BCUT2D eigenvalue weighted by atomic mass is 9.92. The number of benzene rings is 1. The van der Waals surface area contributed by atoms with Crippen molar-refractivity contribution in [1.29, 1.82) is 0 Å². The van der Waals surface area contributed by atoms with E-state index in [2.05, 4.69) is 58.4 Å². The molecule has 3 rings (SSSR count). The molecule has 0 amide bonds. The summed E-state index contributed by atoms with van der Waals surface area (Å²) >= 11 is 2.25. The van der Waals surface area contributed by atoms with Gasteiger partial charge in [-0.25, -0.2) is 4.98 Å². The van der Waals surface area contributed by atoms with Gasteiger partial charge in [-0.3, -0.25) is 0 Å². The summed E-state index contributed by atoms with van der Waals surface area (Å²) < 4.78 is 2.66. The highest BCUT2D eigenvalue weighted by Crippen LogP contribution is 2.31. The maximum atomic E-state index is 6.19. The second kappa shape index (κ2) is 4.47. The van der Waals surface area contributed by atoms with Crippen LogP contribution < -0.4 is 5.73 Å². The molecule has 1 aromatic carbocycles. The highest BCUT2D eigenvalue weighted by Gasteiger charge is 2.25. The minimum atomic E-state index is -0.0537. The van der Waals surface area contributed by atoms with Crippen molar-refractivity contribution < 1.29 is 0 Å². The molecule has 104 valence electrons. The van der Waals surface area contributed by atoms with Crippen LogP contribution >= 0.6 is 22.6 Å². The lowest BCUT2D eigenvalue weighted by molar-refractivity contribution is 0.556. The topological polar surface area (TPSA) is 72.5 Å². The maximum absolute atomic E-state index is 6.19. The highest BCUT2D eigenvalue weighted by atomic mass is 127. The van der Waals surface area contributed by atoms with E-state index in [0.717, 1.165) is 20.3 Å². The number of halogens is 1. The van der Waals surface area contributed by atoms with Crippen molar-refractivity contribution in [3.05, 3.63) is 33.5 Å². The van der Waals surface area contributed by atoms with Crippen LogP contribution in [0.4, 0.5) is 5.82 Å². The molecule has 5 nitrogen and oxygen atoms in total. The molecule has 2 aromatic heterocycles. The van der Waals surface area contributed by atoms with Crippen molar-refractivity contribution in [3.63, 3.8) is 0 Å². The second-order valence-electron chi connectivity index (χ2n) is 5.79. The van der Waals surface area contributed by atoms with E-state index < -0.39 is 0 Å². The van der Waals surface area contributed by atoms with E-state index in [1.54, 1.807) is 4.68 Å². The number of nitrogens with two attached hydrogens (primary N) is 1. The average molecular weight is 381 g/mol. The average Bonchev–Trinajstić information content (AvgIpc) is 2.91. The van der Waals surface area contributed by atoms with Gasteiger partial charge < -0.3 is 10.7 Å². The largest absolute Gasteiger partial charge is 0.383 e. The zero-order chi connectivity index (χ0) is 14.5. The summed E-state index contributed by atoms with van der Waals surface area (Å²) in [6.07, 6.45) is 0. The van der Waals surface area contributed by atoms with Gasteiger partial charge in [0.05, 0.1) is 20.3 Å². The predicted molar refractivity (Wildman–Crippen MR) is 89.0 cm³/mol. The molecule has 0 aliphatic carbocycles. The van der Waals surface area contributed by atoms with E-state index in [9.17, 15) is 0 Å². The van der Waals surface area contributed by atoms with Gasteiger partial charge in [0.2, 0.25) is 5.95 Å². The van der Waals surface area contributed by atoms with Gasteiger partial charge in [0.15, 0.2) is 0 Å².